The van der Waals surface area contributed by atoms with Crippen LogP contribution < -0.4 is 24.8 Å². The quantitative estimate of drug-likeness (QED) is 0.602. The second-order valence-corrected chi connectivity index (χ2v) is 8.06. The van der Waals surface area contributed by atoms with Crippen LogP contribution in [0.4, 0.5) is 0 Å². The maximum atomic E-state index is 12.1. The zero-order valence-electron chi connectivity index (χ0n) is 14.9. The molecule has 7 nitrogen and oxygen atoms in total. The Labute approximate surface area is 160 Å². The van der Waals surface area contributed by atoms with Gasteiger partial charge in [-0.05, 0) is 18.2 Å². The molecule has 4 heterocycles. The van der Waals surface area contributed by atoms with E-state index >= 15 is 0 Å². The molecule has 3 aromatic rings. The zero-order valence-corrected chi connectivity index (χ0v) is 15.8. The summed E-state index contributed by atoms with van der Waals surface area (Å²) in [5.74, 6) is 1.70. The molecule has 140 valence electrons. The summed E-state index contributed by atoms with van der Waals surface area (Å²) in [6.07, 6.45) is 1.78. The van der Waals surface area contributed by atoms with E-state index in [4.69, 9.17) is 9.47 Å². The molecule has 0 amide bonds. The molecule has 1 saturated heterocycles. The van der Waals surface area contributed by atoms with E-state index in [0.29, 0.717) is 6.79 Å². The maximum Gasteiger partial charge on any atom is 0.258 e. The van der Waals surface area contributed by atoms with Gasteiger partial charge in [0.15, 0.2) is 16.5 Å². The summed E-state index contributed by atoms with van der Waals surface area (Å²) in [7, 11) is 0. The van der Waals surface area contributed by atoms with Crippen LogP contribution in [0.1, 0.15) is 11.3 Å². The number of piperazine rings is 1. The van der Waals surface area contributed by atoms with Crippen LogP contribution in [0.25, 0.3) is 4.96 Å². The van der Waals surface area contributed by atoms with E-state index in [0.717, 1.165) is 61.4 Å². The minimum Gasteiger partial charge on any atom is -0.454 e. The molecule has 0 spiro atoms. The first-order chi connectivity index (χ1) is 13.2. The first-order valence-electron chi connectivity index (χ1n) is 9.26. The SMILES string of the molecule is O=c1cc(C[NH+]2CC[NH+](Cc3ccc4c(c3)OCO4)CC2)nc2sccn12. The molecule has 0 saturated carbocycles. The average molecular weight is 386 g/mol. The molecule has 0 aliphatic carbocycles. The van der Waals surface area contributed by atoms with Crippen molar-refractivity contribution in [2.45, 2.75) is 13.1 Å². The number of nitrogens with zero attached hydrogens (tertiary/aromatic N) is 2. The first kappa shape index (κ1) is 16.7. The summed E-state index contributed by atoms with van der Waals surface area (Å²) in [4.78, 5) is 20.6. The van der Waals surface area contributed by atoms with E-state index in [1.807, 2.05) is 11.4 Å². The number of thiazole rings is 1. The van der Waals surface area contributed by atoms with Crippen molar-refractivity contribution in [3.8, 4) is 11.5 Å². The van der Waals surface area contributed by atoms with Gasteiger partial charge in [0.2, 0.25) is 6.79 Å². The number of nitrogens with one attached hydrogen (secondary N) is 2. The van der Waals surface area contributed by atoms with Crippen LogP contribution in [0.15, 0.2) is 40.6 Å². The van der Waals surface area contributed by atoms with Crippen molar-refractivity contribution in [2.24, 2.45) is 0 Å². The molecule has 2 aliphatic heterocycles. The molecule has 0 atom stereocenters. The average Bonchev–Trinajstić information content (AvgIpc) is 3.32. The minimum atomic E-state index is 0.0164. The number of quaternary nitrogens is 2. The molecular weight excluding hydrogens is 364 g/mol. The van der Waals surface area contributed by atoms with Crippen LogP contribution in [-0.2, 0) is 13.1 Å². The fraction of sp³-hybridized carbons (Fsp3) is 0.368. The van der Waals surface area contributed by atoms with Crippen molar-refractivity contribution < 1.29 is 19.3 Å². The number of ether oxygens (including phenoxy) is 2. The van der Waals surface area contributed by atoms with Crippen molar-refractivity contribution in [1.29, 1.82) is 0 Å². The summed E-state index contributed by atoms with van der Waals surface area (Å²) >= 11 is 1.51. The Morgan fingerprint density at radius 3 is 2.67 bits per heavy atom. The van der Waals surface area contributed by atoms with Gasteiger partial charge in [0.05, 0.1) is 0 Å². The van der Waals surface area contributed by atoms with Gasteiger partial charge >= 0.3 is 0 Å². The summed E-state index contributed by atoms with van der Waals surface area (Å²) in [5.41, 5.74) is 2.20. The maximum absolute atomic E-state index is 12.1. The van der Waals surface area contributed by atoms with Gasteiger partial charge < -0.3 is 19.3 Å². The molecule has 27 heavy (non-hydrogen) atoms. The lowest BCUT2D eigenvalue weighted by Gasteiger charge is -2.29. The molecule has 8 heteroatoms. The van der Waals surface area contributed by atoms with Gasteiger partial charge in [-0.25, -0.2) is 4.98 Å². The molecule has 0 unspecified atom stereocenters. The lowest BCUT2D eigenvalue weighted by atomic mass is 10.1. The molecule has 0 radical (unpaired) electrons. The van der Waals surface area contributed by atoms with Gasteiger partial charge in [-0.3, -0.25) is 9.20 Å². The van der Waals surface area contributed by atoms with Crippen molar-refractivity contribution in [3.05, 3.63) is 57.5 Å². The second-order valence-electron chi connectivity index (χ2n) is 7.18. The number of rotatable bonds is 4. The van der Waals surface area contributed by atoms with Gasteiger partial charge in [-0.15, -0.1) is 11.3 Å². The summed E-state index contributed by atoms with van der Waals surface area (Å²) in [6.45, 7) is 6.55. The predicted octanol–water partition coefficient (Wildman–Crippen LogP) is -1.03. The van der Waals surface area contributed by atoms with Crippen LogP contribution in [0.2, 0.25) is 0 Å². The topological polar surface area (TPSA) is 61.7 Å². The van der Waals surface area contributed by atoms with Crippen LogP contribution in [-0.4, -0.2) is 42.4 Å². The number of aromatic nitrogens is 2. The molecule has 1 aromatic carbocycles. The second kappa shape index (κ2) is 6.95. The normalized spacial score (nSPS) is 21.6. The number of hydrogen-bond donors (Lipinski definition) is 2. The Morgan fingerprint density at radius 2 is 1.81 bits per heavy atom. The Kier molecular flexibility index (Phi) is 4.31. The Hall–Kier alpha value is -2.42. The lowest BCUT2D eigenvalue weighted by molar-refractivity contribution is -1.02. The zero-order chi connectivity index (χ0) is 18.2. The van der Waals surface area contributed by atoms with Gasteiger partial charge in [-0.2, -0.15) is 0 Å². The van der Waals surface area contributed by atoms with Crippen molar-refractivity contribution >= 4 is 16.3 Å². The first-order valence-corrected chi connectivity index (χ1v) is 10.1. The number of fused-ring (bicyclic) bond motifs is 2. The summed E-state index contributed by atoms with van der Waals surface area (Å²) in [5, 5.41) is 1.90. The molecule has 5 rings (SSSR count). The van der Waals surface area contributed by atoms with Gasteiger partial charge in [-0.1, -0.05) is 0 Å². The number of hydrogen-bond acceptors (Lipinski definition) is 5. The molecule has 2 aromatic heterocycles. The fourth-order valence-corrected chi connectivity index (χ4v) is 4.62. The van der Waals surface area contributed by atoms with Crippen LogP contribution in [0, 0.1) is 0 Å². The van der Waals surface area contributed by atoms with Crippen molar-refractivity contribution in [3.63, 3.8) is 0 Å². The molecule has 1 fully saturated rings. The van der Waals surface area contributed by atoms with Crippen LogP contribution in [0.3, 0.4) is 0 Å². The highest BCUT2D eigenvalue weighted by atomic mass is 32.1. The summed E-state index contributed by atoms with van der Waals surface area (Å²) in [6, 6.07) is 7.91. The summed E-state index contributed by atoms with van der Waals surface area (Å²) < 4.78 is 12.5. The largest absolute Gasteiger partial charge is 0.454 e. The van der Waals surface area contributed by atoms with Gasteiger partial charge in [0.25, 0.3) is 5.56 Å². The number of benzene rings is 1. The Bertz CT molecular complexity index is 1020. The molecular formula is C19H22N4O3S+2. The van der Waals surface area contributed by atoms with Crippen LogP contribution in [0.5, 0.6) is 11.5 Å². The van der Waals surface area contributed by atoms with E-state index in [-0.39, 0.29) is 5.56 Å². The van der Waals surface area contributed by atoms with E-state index in [1.165, 1.54) is 21.8 Å². The van der Waals surface area contributed by atoms with Gasteiger partial charge in [0, 0.05) is 23.2 Å². The third kappa shape index (κ3) is 3.43. The lowest BCUT2D eigenvalue weighted by Crippen LogP contribution is -3.27. The van der Waals surface area contributed by atoms with Crippen LogP contribution >= 0.6 is 11.3 Å². The van der Waals surface area contributed by atoms with E-state index in [1.54, 1.807) is 21.6 Å². The fourth-order valence-electron chi connectivity index (χ4n) is 3.88. The molecule has 2 N–H and O–H groups in total. The highest BCUT2D eigenvalue weighted by molar-refractivity contribution is 7.15. The van der Waals surface area contributed by atoms with Crippen molar-refractivity contribution in [2.75, 3.05) is 33.0 Å². The van der Waals surface area contributed by atoms with E-state index in [2.05, 4.69) is 17.1 Å². The standard InChI is InChI=1S/C19H20N4O3S/c24-18-10-15(20-19-23(18)7-8-27-19)12-22-5-3-21(4-6-22)11-14-1-2-16-17(9-14)26-13-25-16/h1-2,7-10H,3-6,11-13H2/p+2. The predicted molar refractivity (Wildman–Crippen MR) is 101 cm³/mol. The van der Waals surface area contributed by atoms with Crippen molar-refractivity contribution in [1.82, 2.24) is 9.38 Å². The highest BCUT2D eigenvalue weighted by Gasteiger charge is 2.24. The minimum absolute atomic E-state index is 0.0164. The van der Waals surface area contributed by atoms with Gasteiger partial charge in [0.1, 0.15) is 45.0 Å². The van der Waals surface area contributed by atoms with E-state index < -0.39 is 0 Å². The van der Waals surface area contributed by atoms with E-state index in [9.17, 15) is 4.79 Å². The smallest absolute Gasteiger partial charge is 0.258 e. The third-order valence-corrected chi connectivity index (χ3v) is 6.10. The Morgan fingerprint density at radius 1 is 1.04 bits per heavy atom. The third-order valence-electron chi connectivity index (χ3n) is 5.34. The monoisotopic (exact) mass is 386 g/mol. The molecule has 0 bridgehead atoms. The highest BCUT2D eigenvalue weighted by Crippen LogP contribution is 2.32. The molecule has 2 aliphatic rings. The Balaban J connectivity index is 1.19.